The molecular weight excluding hydrogens is 310 g/mol. The Hall–Kier alpha value is -1.66. The van der Waals surface area contributed by atoms with Crippen LogP contribution >= 0.6 is 11.5 Å². The SMILES string of the molecule is O=C(CC1CC1)N1CCN(Cn2sc3ccccc3c2=O)CC1. The summed E-state index contributed by atoms with van der Waals surface area (Å²) in [4.78, 5) is 28.8. The maximum atomic E-state index is 12.4. The molecule has 1 aromatic carbocycles. The summed E-state index contributed by atoms with van der Waals surface area (Å²) in [5.41, 5.74) is 0.0952. The third-order valence-electron chi connectivity index (χ3n) is 4.77. The molecule has 1 saturated heterocycles. The third kappa shape index (κ3) is 3.19. The van der Waals surface area contributed by atoms with E-state index in [1.165, 1.54) is 24.4 Å². The van der Waals surface area contributed by atoms with Gasteiger partial charge in [0.25, 0.3) is 5.56 Å². The van der Waals surface area contributed by atoms with E-state index < -0.39 is 0 Å². The highest BCUT2D eigenvalue weighted by molar-refractivity contribution is 7.13. The fourth-order valence-corrected chi connectivity index (χ4v) is 4.16. The van der Waals surface area contributed by atoms with E-state index in [-0.39, 0.29) is 5.56 Å². The molecule has 5 nitrogen and oxygen atoms in total. The van der Waals surface area contributed by atoms with Crippen LogP contribution in [0.1, 0.15) is 19.3 Å². The van der Waals surface area contributed by atoms with Crippen molar-refractivity contribution >= 4 is 27.5 Å². The maximum Gasteiger partial charge on any atom is 0.269 e. The first kappa shape index (κ1) is 14.9. The smallest absolute Gasteiger partial charge is 0.269 e. The third-order valence-corrected chi connectivity index (χ3v) is 5.82. The largest absolute Gasteiger partial charge is 0.340 e. The quantitative estimate of drug-likeness (QED) is 0.860. The summed E-state index contributed by atoms with van der Waals surface area (Å²) in [6.07, 6.45) is 3.18. The second-order valence-corrected chi connectivity index (χ2v) is 7.62. The van der Waals surface area contributed by atoms with Crippen LogP contribution in [-0.2, 0) is 11.5 Å². The van der Waals surface area contributed by atoms with Gasteiger partial charge in [0.1, 0.15) is 0 Å². The lowest BCUT2D eigenvalue weighted by atomic mass is 10.2. The molecule has 2 aliphatic rings. The van der Waals surface area contributed by atoms with Crippen molar-refractivity contribution in [3.8, 4) is 0 Å². The number of benzene rings is 1. The molecule has 1 aromatic heterocycles. The average molecular weight is 331 g/mol. The van der Waals surface area contributed by atoms with Crippen molar-refractivity contribution in [2.75, 3.05) is 26.2 Å². The van der Waals surface area contributed by atoms with Crippen LogP contribution in [0, 0.1) is 5.92 Å². The lowest BCUT2D eigenvalue weighted by Gasteiger charge is -2.34. The van der Waals surface area contributed by atoms with Crippen molar-refractivity contribution in [3.63, 3.8) is 0 Å². The number of fused-ring (bicyclic) bond motifs is 1. The number of carbonyl (C=O) groups is 1. The standard InChI is InChI=1S/C17H21N3O2S/c21-16(11-13-5-6-13)19-9-7-18(8-10-19)12-20-17(22)14-3-1-2-4-15(14)23-20/h1-4,13H,5-12H2. The van der Waals surface area contributed by atoms with Gasteiger partial charge >= 0.3 is 0 Å². The molecule has 6 heteroatoms. The minimum Gasteiger partial charge on any atom is -0.340 e. The lowest BCUT2D eigenvalue weighted by molar-refractivity contribution is -0.133. The second-order valence-electron chi connectivity index (χ2n) is 6.56. The first-order chi connectivity index (χ1) is 11.2. The first-order valence-corrected chi connectivity index (χ1v) is 9.07. The number of aromatic nitrogens is 1. The molecule has 2 aromatic rings. The van der Waals surface area contributed by atoms with E-state index in [9.17, 15) is 9.59 Å². The van der Waals surface area contributed by atoms with Crippen molar-refractivity contribution in [1.29, 1.82) is 0 Å². The van der Waals surface area contributed by atoms with Crippen LogP contribution in [0.15, 0.2) is 29.1 Å². The van der Waals surface area contributed by atoms with Gasteiger partial charge in [-0.3, -0.25) is 14.5 Å². The molecule has 0 atom stereocenters. The normalized spacial score (nSPS) is 19.4. The van der Waals surface area contributed by atoms with Crippen molar-refractivity contribution < 1.29 is 4.79 Å². The Morgan fingerprint density at radius 2 is 1.87 bits per heavy atom. The summed E-state index contributed by atoms with van der Waals surface area (Å²) in [7, 11) is 0. The molecule has 0 N–H and O–H groups in total. The van der Waals surface area contributed by atoms with Gasteiger partial charge in [-0.05, 0) is 30.9 Å². The Balaban J connectivity index is 1.37. The van der Waals surface area contributed by atoms with Gasteiger partial charge in [0.05, 0.1) is 16.8 Å². The monoisotopic (exact) mass is 331 g/mol. The van der Waals surface area contributed by atoms with Crippen LogP contribution < -0.4 is 5.56 Å². The van der Waals surface area contributed by atoms with Gasteiger partial charge in [-0.15, -0.1) is 0 Å². The van der Waals surface area contributed by atoms with E-state index in [1.807, 2.05) is 33.1 Å². The van der Waals surface area contributed by atoms with Crippen LogP contribution in [0.4, 0.5) is 0 Å². The van der Waals surface area contributed by atoms with E-state index in [4.69, 9.17) is 0 Å². The van der Waals surface area contributed by atoms with Crippen LogP contribution in [0.5, 0.6) is 0 Å². The average Bonchev–Trinajstić information content (AvgIpc) is 3.33. The van der Waals surface area contributed by atoms with E-state index in [0.717, 1.165) is 42.7 Å². The Labute approximate surface area is 139 Å². The molecule has 122 valence electrons. The Morgan fingerprint density at radius 3 is 2.57 bits per heavy atom. The number of carbonyl (C=O) groups excluding carboxylic acids is 1. The van der Waals surface area contributed by atoms with E-state index in [0.29, 0.717) is 18.5 Å². The molecule has 1 aliphatic carbocycles. The molecule has 2 fully saturated rings. The van der Waals surface area contributed by atoms with E-state index >= 15 is 0 Å². The molecule has 1 saturated carbocycles. The molecule has 4 rings (SSSR count). The summed E-state index contributed by atoms with van der Waals surface area (Å²) >= 11 is 1.52. The molecule has 0 spiro atoms. The summed E-state index contributed by atoms with van der Waals surface area (Å²) in [5.74, 6) is 0.962. The number of hydrogen-bond acceptors (Lipinski definition) is 4. The summed E-state index contributed by atoms with van der Waals surface area (Å²) in [5, 5.41) is 0.802. The predicted molar refractivity (Wildman–Crippen MR) is 91.6 cm³/mol. The predicted octanol–water partition coefficient (Wildman–Crippen LogP) is 1.96. The zero-order valence-corrected chi connectivity index (χ0v) is 13.9. The van der Waals surface area contributed by atoms with Crippen molar-refractivity contribution in [1.82, 2.24) is 13.8 Å². The summed E-state index contributed by atoms with van der Waals surface area (Å²) in [6, 6.07) is 7.75. The van der Waals surface area contributed by atoms with Crippen molar-refractivity contribution in [3.05, 3.63) is 34.6 Å². The summed E-state index contributed by atoms with van der Waals surface area (Å²) in [6.45, 7) is 3.88. The molecule has 0 unspecified atom stereocenters. The molecular formula is C17H21N3O2S. The fourth-order valence-electron chi connectivity index (χ4n) is 3.13. The van der Waals surface area contributed by atoms with Crippen LogP contribution in [0.3, 0.4) is 0 Å². The number of rotatable bonds is 4. The highest BCUT2D eigenvalue weighted by Gasteiger charge is 2.28. The molecule has 0 radical (unpaired) electrons. The molecule has 1 amide bonds. The van der Waals surface area contributed by atoms with Gasteiger partial charge in [-0.25, -0.2) is 3.96 Å². The van der Waals surface area contributed by atoms with Crippen LogP contribution in [-0.4, -0.2) is 45.8 Å². The number of hydrogen-bond donors (Lipinski definition) is 0. The molecule has 1 aliphatic heterocycles. The van der Waals surface area contributed by atoms with Crippen LogP contribution in [0.2, 0.25) is 0 Å². The maximum absolute atomic E-state index is 12.4. The zero-order chi connectivity index (χ0) is 15.8. The molecule has 23 heavy (non-hydrogen) atoms. The minimum atomic E-state index is 0.0952. The highest BCUT2D eigenvalue weighted by Crippen LogP contribution is 2.33. The Kier molecular flexibility index (Phi) is 3.95. The van der Waals surface area contributed by atoms with Gasteiger partial charge in [0.2, 0.25) is 5.91 Å². The van der Waals surface area contributed by atoms with Gasteiger partial charge in [0, 0.05) is 32.6 Å². The first-order valence-electron chi connectivity index (χ1n) is 8.30. The topological polar surface area (TPSA) is 45.6 Å². The Bertz CT molecular complexity index is 769. The van der Waals surface area contributed by atoms with Crippen LogP contribution in [0.25, 0.3) is 10.1 Å². The minimum absolute atomic E-state index is 0.0952. The van der Waals surface area contributed by atoms with Gasteiger partial charge < -0.3 is 4.90 Å². The molecule has 0 bridgehead atoms. The van der Waals surface area contributed by atoms with Gasteiger partial charge in [-0.2, -0.15) is 0 Å². The number of nitrogens with zero attached hydrogens (tertiary/aromatic N) is 3. The van der Waals surface area contributed by atoms with E-state index in [2.05, 4.69) is 4.90 Å². The fraction of sp³-hybridized carbons (Fsp3) is 0.529. The lowest BCUT2D eigenvalue weighted by Crippen LogP contribution is -2.49. The second kappa shape index (κ2) is 6.09. The van der Waals surface area contributed by atoms with Gasteiger partial charge in [-0.1, -0.05) is 23.7 Å². The molecule has 2 heterocycles. The zero-order valence-electron chi connectivity index (χ0n) is 13.1. The van der Waals surface area contributed by atoms with Crippen molar-refractivity contribution in [2.45, 2.75) is 25.9 Å². The van der Waals surface area contributed by atoms with Crippen molar-refractivity contribution in [2.24, 2.45) is 5.92 Å². The Morgan fingerprint density at radius 1 is 1.13 bits per heavy atom. The summed E-state index contributed by atoms with van der Waals surface area (Å²) < 4.78 is 2.86. The van der Waals surface area contributed by atoms with Gasteiger partial charge in [0.15, 0.2) is 0 Å². The van der Waals surface area contributed by atoms with E-state index in [1.54, 1.807) is 0 Å². The number of piperazine rings is 1. The number of amides is 1. The highest BCUT2D eigenvalue weighted by atomic mass is 32.1.